The van der Waals surface area contributed by atoms with Gasteiger partial charge >= 0.3 is 12.3 Å². The molecule has 3 heterocycles. The van der Waals surface area contributed by atoms with Crippen molar-refractivity contribution in [3.63, 3.8) is 0 Å². The topological polar surface area (TPSA) is 218 Å². The van der Waals surface area contributed by atoms with Crippen molar-refractivity contribution in [2.24, 2.45) is 5.92 Å². The predicted molar refractivity (Wildman–Crippen MR) is 248 cm³/mol. The number of benzene rings is 3. The molecule has 0 radical (unpaired) electrons. The molecule has 2 saturated heterocycles. The van der Waals surface area contributed by atoms with Gasteiger partial charge in [-0.05, 0) is 92.1 Å². The molecule has 3 N–H and O–H groups in total. The number of alkyl halides is 3. The Kier molecular flexibility index (Phi) is 17.1. The van der Waals surface area contributed by atoms with Gasteiger partial charge in [-0.15, -0.1) is 0 Å². The SMILES string of the molecule is C[C@H](N(Cc1ccc(F)cc1)C(=O)CN1C(=O)OC(C2Cc3ccc(NC(=O)CCCCCCCCCCCNC(=O)COc4cccc5c4C(=O)N(C4CCC(=O)NC4=O)C5=O)cc3C2)C1=O)C(F)(F)F. The molecule has 0 aromatic heterocycles. The number of nitrogens with one attached hydrogen (secondary N) is 3. The number of carbonyl (C=O) groups excluding carboxylic acids is 9. The third-order valence-electron chi connectivity index (χ3n) is 13.4. The first-order valence-electron chi connectivity index (χ1n) is 24.2. The van der Waals surface area contributed by atoms with Crippen LogP contribution in [0.4, 0.5) is 28.0 Å². The predicted octanol–water partition coefficient (Wildman–Crippen LogP) is 6.30. The minimum atomic E-state index is -4.82. The van der Waals surface area contributed by atoms with Gasteiger partial charge in [0.15, 0.2) is 12.7 Å². The fourth-order valence-electron chi connectivity index (χ4n) is 9.38. The van der Waals surface area contributed by atoms with E-state index in [0.717, 1.165) is 86.4 Å². The van der Waals surface area contributed by atoms with Crippen molar-refractivity contribution in [2.45, 2.75) is 128 Å². The van der Waals surface area contributed by atoms with E-state index in [9.17, 15) is 60.7 Å². The quantitative estimate of drug-likeness (QED) is 0.0544. The number of nitrogens with zero attached hydrogens (tertiary/aromatic N) is 3. The van der Waals surface area contributed by atoms with E-state index in [4.69, 9.17) is 9.47 Å². The van der Waals surface area contributed by atoms with Crippen molar-refractivity contribution in [1.29, 1.82) is 0 Å². The van der Waals surface area contributed by atoms with Crippen LogP contribution in [-0.2, 0) is 52.9 Å². The third-order valence-corrected chi connectivity index (χ3v) is 13.4. The Morgan fingerprint density at radius 2 is 1.53 bits per heavy atom. The van der Waals surface area contributed by atoms with Crippen LogP contribution in [0.5, 0.6) is 5.75 Å². The second kappa shape index (κ2) is 23.4. The number of carbonyl (C=O) groups is 9. The van der Waals surface area contributed by atoms with Gasteiger partial charge in [0.25, 0.3) is 23.6 Å². The fourth-order valence-corrected chi connectivity index (χ4v) is 9.38. The molecule has 3 unspecified atom stereocenters. The van der Waals surface area contributed by atoms with Gasteiger partial charge in [0.1, 0.15) is 30.2 Å². The molecule has 4 aliphatic rings. The molecule has 21 heteroatoms. The number of ether oxygens (including phenoxy) is 2. The van der Waals surface area contributed by atoms with Gasteiger partial charge in [-0.25, -0.2) is 14.1 Å². The Labute approximate surface area is 412 Å². The molecule has 72 heavy (non-hydrogen) atoms. The number of fused-ring (bicyclic) bond motifs is 2. The number of hydrogen-bond acceptors (Lipinski definition) is 11. The molecule has 0 bridgehead atoms. The van der Waals surface area contributed by atoms with Crippen LogP contribution in [0.1, 0.15) is 121 Å². The van der Waals surface area contributed by atoms with Gasteiger partial charge in [-0.3, -0.25) is 48.6 Å². The standard InChI is InChI=1S/C51H56F4N6O11/c1-30(51(53,54)55)59(27-31-15-18-35(52)19-16-31)43(65)28-60-49(69)45(72-50(60)70)34-24-32-17-20-36(26-33(32)25-34)57-40(62)14-9-7-5-3-2-4-6-8-10-23-56-42(64)29-71-39-13-11-12-37-44(39)48(68)61(47(37)67)38-21-22-41(63)58-46(38)66/h11-13,15-20,26,30,34,38,45H,2-10,14,21-25,27-29H2,1H3,(H,56,64)(H,57,62)(H,58,63,66)/t30-,34?,38?,45?/m0/s1. The highest BCUT2D eigenvalue weighted by atomic mass is 19.4. The summed E-state index contributed by atoms with van der Waals surface area (Å²) in [7, 11) is 0. The number of imide groups is 3. The first-order chi connectivity index (χ1) is 34.4. The van der Waals surface area contributed by atoms with Crippen molar-refractivity contribution in [1.82, 2.24) is 25.3 Å². The Hall–Kier alpha value is -7.19. The van der Waals surface area contributed by atoms with Crippen molar-refractivity contribution in [3.8, 4) is 5.75 Å². The lowest BCUT2D eigenvalue weighted by Crippen LogP contribution is -2.54. The number of piperidine rings is 1. The highest BCUT2D eigenvalue weighted by Gasteiger charge is 2.50. The van der Waals surface area contributed by atoms with Crippen LogP contribution in [0.3, 0.4) is 0 Å². The van der Waals surface area contributed by atoms with Crippen LogP contribution in [0.2, 0.25) is 0 Å². The van der Waals surface area contributed by atoms with Crippen molar-refractivity contribution in [3.05, 3.63) is 94.3 Å². The molecular weight excluding hydrogens is 949 g/mol. The number of anilines is 1. The highest BCUT2D eigenvalue weighted by molar-refractivity contribution is 6.24. The average molecular weight is 1010 g/mol. The van der Waals surface area contributed by atoms with Crippen molar-refractivity contribution in [2.75, 3.05) is 25.0 Å². The van der Waals surface area contributed by atoms with Crippen molar-refractivity contribution >= 4 is 59.0 Å². The molecule has 0 saturated carbocycles. The van der Waals surface area contributed by atoms with Crippen LogP contribution in [0, 0.1) is 11.7 Å². The summed E-state index contributed by atoms with van der Waals surface area (Å²) in [6, 6.07) is 11.0. The number of cyclic esters (lactones) is 1. The van der Waals surface area contributed by atoms with Crippen LogP contribution >= 0.6 is 0 Å². The average Bonchev–Trinajstić information content (AvgIpc) is 3.97. The van der Waals surface area contributed by atoms with E-state index in [2.05, 4.69) is 16.0 Å². The number of unbranched alkanes of at least 4 members (excludes halogenated alkanes) is 8. The summed E-state index contributed by atoms with van der Waals surface area (Å²) in [5.41, 5.74) is 2.55. The molecule has 0 spiro atoms. The third kappa shape index (κ3) is 12.8. The summed E-state index contributed by atoms with van der Waals surface area (Å²) in [4.78, 5) is 117. The number of amides is 9. The maximum Gasteiger partial charge on any atom is 0.417 e. The number of rotatable bonds is 23. The minimum absolute atomic E-state index is 0.00251. The maximum absolute atomic E-state index is 13.8. The Morgan fingerprint density at radius 1 is 0.847 bits per heavy atom. The largest absolute Gasteiger partial charge is 0.483 e. The fraction of sp³-hybridized carbons (Fsp3) is 0.471. The molecule has 4 atom stereocenters. The van der Waals surface area contributed by atoms with Gasteiger partial charge < -0.3 is 25.0 Å². The smallest absolute Gasteiger partial charge is 0.417 e. The van der Waals surface area contributed by atoms with E-state index < -0.39 is 96.6 Å². The molecule has 17 nitrogen and oxygen atoms in total. The Morgan fingerprint density at radius 3 is 2.22 bits per heavy atom. The van der Waals surface area contributed by atoms with E-state index in [0.29, 0.717) is 47.7 Å². The lowest BCUT2D eigenvalue weighted by atomic mass is 9.98. The molecule has 3 aromatic rings. The normalized spacial score (nSPS) is 18.9. The van der Waals surface area contributed by atoms with E-state index in [-0.39, 0.29) is 47.8 Å². The van der Waals surface area contributed by atoms with Gasteiger partial charge in [0.05, 0.1) is 11.1 Å². The number of hydrogen-bond donors (Lipinski definition) is 3. The summed E-state index contributed by atoms with van der Waals surface area (Å²) >= 11 is 0. The Bertz CT molecular complexity index is 2590. The zero-order chi connectivity index (χ0) is 51.7. The molecule has 3 aromatic carbocycles. The van der Waals surface area contributed by atoms with E-state index >= 15 is 0 Å². The Balaban J connectivity index is 0.734. The monoisotopic (exact) mass is 1000 g/mol. The maximum atomic E-state index is 13.8. The van der Waals surface area contributed by atoms with Gasteiger partial charge in [0.2, 0.25) is 23.6 Å². The molecule has 7 rings (SSSR count). The molecule has 9 amide bonds. The first kappa shape index (κ1) is 52.6. The van der Waals surface area contributed by atoms with Crippen LogP contribution in [-0.4, -0.2) is 112 Å². The zero-order valence-electron chi connectivity index (χ0n) is 39.7. The van der Waals surface area contributed by atoms with Gasteiger partial charge in [-0.1, -0.05) is 69.2 Å². The zero-order valence-corrected chi connectivity index (χ0v) is 39.7. The summed E-state index contributed by atoms with van der Waals surface area (Å²) in [6.45, 7) is -0.651. The first-order valence-corrected chi connectivity index (χ1v) is 24.2. The van der Waals surface area contributed by atoms with Crippen LogP contribution in [0.15, 0.2) is 60.7 Å². The van der Waals surface area contributed by atoms with Crippen LogP contribution in [0.25, 0.3) is 0 Å². The lowest BCUT2D eigenvalue weighted by molar-refractivity contribution is -0.187. The lowest BCUT2D eigenvalue weighted by Gasteiger charge is -2.31. The van der Waals surface area contributed by atoms with E-state index in [1.54, 1.807) is 12.1 Å². The van der Waals surface area contributed by atoms with E-state index in [1.807, 2.05) is 6.07 Å². The molecule has 1 aliphatic carbocycles. The van der Waals surface area contributed by atoms with Crippen molar-refractivity contribution < 1.29 is 70.2 Å². The van der Waals surface area contributed by atoms with Gasteiger partial charge in [-0.2, -0.15) is 13.2 Å². The summed E-state index contributed by atoms with van der Waals surface area (Å²) in [5, 5.41) is 7.87. The molecule has 2 fully saturated rings. The van der Waals surface area contributed by atoms with E-state index in [1.165, 1.54) is 30.3 Å². The second-order valence-corrected chi connectivity index (χ2v) is 18.5. The van der Waals surface area contributed by atoms with Gasteiger partial charge in [0, 0.05) is 37.5 Å². The summed E-state index contributed by atoms with van der Waals surface area (Å²) in [5.74, 6) is -6.13. The number of halogens is 4. The summed E-state index contributed by atoms with van der Waals surface area (Å²) < 4.78 is 65.8. The minimum Gasteiger partial charge on any atom is -0.483 e. The molecular formula is C51H56F4N6O11. The molecule has 384 valence electrons. The van der Waals surface area contributed by atoms with Crippen LogP contribution < -0.4 is 20.7 Å². The summed E-state index contributed by atoms with van der Waals surface area (Å²) in [6.07, 6.45) is 2.12. The second-order valence-electron chi connectivity index (χ2n) is 18.5. The molecule has 3 aliphatic heterocycles. The highest BCUT2D eigenvalue weighted by Crippen LogP contribution is 2.36.